The van der Waals surface area contributed by atoms with Gasteiger partial charge in [0, 0.05) is 29.0 Å². The molecule has 1 amide bonds. The zero-order chi connectivity index (χ0) is 30.3. The molecule has 1 radical (unpaired) electrons. The molecule has 0 spiro atoms. The van der Waals surface area contributed by atoms with Crippen LogP contribution in [0.25, 0.3) is 11.0 Å². The maximum absolute atomic E-state index is 13.2. The van der Waals surface area contributed by atoms with E-state index >= 15 is 0 Å². The SMILES string of the molecule is CC(O[Si](C)C(C)(C)C)[C@H]1C(=O)N2C(C(=O)O)=C(COc3ccc(COc4ccc5ccc(=O)oc5c4)cc3)[C@H](C)[C@H]12. The summed E-state index contributed by atoms with van der Waals surface area (Å²) in [7, 11) is -1.17. The molecule has 10 heteroatoms. The van der Waals surface area contributed by atoms with E-state index in [4.69, 9.17) is 18.3 Å². The number of aliphatic carboxylic acids is 1. The minimum absolute atomic E-state index is 0.0211. The predicted molar refractivity (Wildman–Crippen MR) is 159 cm³/mol. The molecule has 4 atom stereocenters. The van der Waals surface area contributed by atoms with Crippen molar-refractivity contribution in [2.75, 3.05) is 6.61 Å². The molecule has 1 saturated heterocycles. The van der Waals surface area contributed by atoms with Gasteiger partial charge in [0.1, 0.15) is 36.0 Å². The van der Waals surface area contributed by atoms with E-state index in [1.807, 2.05) is 38.1 Å². The second-order valence-electron chi connectivity index (χ2n) is 12.0. The van der Waals surface area contributed by atoms with E-state index in [0.717, 1.165) is 10.9 Å². The molecule has 3 aromatic rings. The smallest absolute Gasteiger partial charge is 0.352 e. The summed E-state index contributed by atoms with van der Waals surface area (Å²) in [6.07, 6.45) is -0.294. The second-order valence-corrected chi connectivity index (χ2v) is 14.8. The third-order valence-electron chi connectivity index (χ3n) is 8.24. The van der Waals surface area contributed by atoms with E-state index in [9.17, 15) is 19.5 Å². The Balaban J connectivity index is 1.21. The molecular weight excluding hydrogens is 554 g/mol. The maximum atomic E-state index is 13.2. The molecule has 2 aliphatic rings. The number of ether oxygens (including phenoxy) is 2. The number of carbonyl (C=O) groups excluding carboxylic acids is 1. The number of fused-ring (bicyclic) bond motifs is 2. The first kappa shape index (κ1) is 29.6. The van der Waals surface area contributed by atoms with Crippen LogP contribution in [0.4, 0.5) is 0 Å². The zero-order valence-corrected chi connectivity index (χ0v) is 25.7. The number of β-lactam (4-membered cyclic amide) rings is 1. The summed E-state index contributed by atoms with van der Waals surface area (Å²) in [6.45, 7) is 12.7. The van der Waals surface area contributed by atoms with Crippen LogP contribution in [0.3, 0.4) is 0 Å². The molecule has 1 aromatic heterocycles. The number of carbonyl (C=O) groups is 2. The Labute approximate surface area is 246 Å². The molecule has 9 nitrogen and oxygen atoms in total. The molecule has 2 aromatic carbocycles. The number of hydrogen-bond acceptors (Lipinski definition) is 7. The maximum Gasteiger partial charge on any atom is 0.352 e. The second kappa shape index (κ2) is 11.4. The molecule has 1 N–H and O–H groups in total. The minimum atomic E-state index is -1.17. The highest BCUT2D eigenvalue weighted by Gasteiger charge is 2.60. The quantitative estimate of drug-likeness (QED) is 0.190. The van der Waals surface area contributed by atoms with Crippen molar-refractivity contribution in [3.05, 3.63) is 81.9 Å². The largest absolute Gasteiger partial charge is 0.489 e. The van der Waals surface area contributed by atoms with Gasteiger partial charge < -0.3 is 28.3 Å². The number of benzene rings is 2. The molecule has 0 aliphatic carbocycles. The van der Waals surface area contributed by atoms with Gasteiger partial charge in [0.25, 0.3) is 0 Å². The lowest BCUT2D eigenvalue weighted by molar-refractivity contribution is -0.162. The normalized spacial score (nSPS) is 21.0. The van der Waals surface area contributed by atoms with Gasteiger partial charge in [0.2, 0.25) is 14.9 Å². The Bertz CT molecular complexity index is 1590. The van der Waals surface area contributed by atoms with Crippen molar-refractivity contribution in [3.63, 3.8) is 0 Å². The van der Waals surface area contributed by atoms with Crippen LogP contribution in [-0.2, 0) is 20.6 Å². The fraction of sp³-hybridized carbons (Fsp3) is 0.406. The van der Waals surface area contributed by atoms with E-state index in [1.54, 1.807) is 24.3 Å². The number of nitrogens with zero attached hydrogens (tertiary/aromatic N) is 1. The first-order valence-electron chi connectivity index (χ1n) is 14.0. The highest BCUT2D eigenvalue weighted by molar-refractivity contribution is 6.53. The molecule has 2 aliphatic heterocycles. The Morgan fingerprint density at radius 2 is 1.67 bits per heavy atom. The molecule has 221 valence electrons. The lowest BCUT2D eigenvalue weighted by Gasteiger charge is -2.48. The molecule has 42 heavy (non-hydrogen) atoms. The number of amides is 1. The van der Waals surface area contributed by atoms with Crippen molar-refractivity contribution in [1.29, 1.82) is 0 Å². The number of carboxylic acid groups (broad SMARTS) is 1. The fourth-order valence-electron chi connectivity index (χ4n) is 5.49. The topological polar surface area (TPSA) is 116 Å². The van der Waals surface area contributed by atoms with E-state index in [0.29, 0.717) is 29.3 Å². The van der Waals surface area contributed by atoms with Crippen LogP contribution in [0.2, 0.25) is 11.6 Å². The first-order chi connectivity index (χ1) is 19.8. The zero-order valence-electron chi connectivity index (χ0n) is 24.7. The Hall–Kier alpha value is -3.89. The third kappa shape index (κ3) is 5.73. The van der Waals surface area contributed by atoms with Crippen LogP contribution in [0.15, 0.2) is 75.1 Å². The van der Waals surface area contributed by atoms with E-state index in [-0.39, 0.29) is 47.2 Å². The van der Waals surface area contributed by atoms with E-state index in [1.165, 1.54) is 11.0 Å². The first-order valence-corrected chi connectivity index (χ1v) is 15.9. The van der Waals surface area contributed by atoms with Crippen LogP contribution in [0.5, 0.6) is 11.5 Å². The van der Waals surface area contributed by atoms with Crippen molar-refractivity contribution >= 4 is 31.9 Å². The Kier molecular flexibility index (Phi) is 8.04. The average molecular weight is 591 g/mol. The van der Waals surface area contributed by atoms with Gasteiger partial charge in [-0.05, 0) is 54.4 Å². The molecule has 1 unspecified atom stereocenters. The van der Waals surface area contributed by atoms with Gasteiger partial charge in [0.15, 0.2) is 0 Å². The van der Waals surface area contributed by atoms with Crippen LogP contribution >= 0.6 is 0 Å². The predicted octanol–water partition coefficient (Wildman–Crippen LogP) is 5.39. The highest BCUT2D eigenvalue weighted by Crippen LogP contribution is 2.48. The number of carboxylic acids is 1. The number of hydrogen-bond donors (Lipinski definition) is 1. The van der Waals surface area contributed by atoms with Crippen molar-refractivity contribution in [2.45, 2.75) is 65.0 Å². The number of rotatable bonds is 10. The lowest BCUT2D eigenvalue weighted by atomic mass is 9.78. The Morgan fingerprint density at radius 3 is 2.33 bits per heavy atom. The van der Waals surface area contributed by atoms with E-state index in [2.05, 4.69) is 27.3 Å². The van der Waals surface area contributed by atoms with Gasteiger partial charge in [-0.15, -0.1) is 0 Å². The third-order valence-corrected chi connectivity index (χ3v) is 11.1. The molecule has 3 heterocycles. The molecular formula is C32H36NO8Si. The van der Waals surface area contributed by atoms with Crippen LogP contribution in [0, 0.1) is 11.8 Å². The summed E-state index contributed by atoms with van der Waals surface area (Å²) in [4.78, 5) is 38.3. The monoisotopic (exact) mass is 590 g/mol. The van der Waals surface area contributed by atoms with Crippen molar-refractivity contribution < 1.29 is 33.0 Å². The summed E-state index contributed by atoms with van der Waals surface area (Å²) in [5.41, 5.74) is 1.56. The summed E-state index contributed by atoms with van der Waals surface area (Å²) in [5, 5.41) is 10.8. The summed E-state index contributed by atoms with van der Waals surface area (Å²) >= 11 is 0. The highest BCUT2D eigenvalue weighted by atomic mass is 28.3. The summed E-state index contributed by atoms with van der Waals surface area (Å²) in [6, 6.07) is 15.5. The van der Waals surface area contributed by atoms with Gasteiger partial charge >= 0.3 is 11.6 Å². The van der Waals surface area contributed by atoms with Crippen molar-refractivity contribution in [1.82, 2.24) is 4.90 Å². The molecule has 0 bridgehead atoms. The van der Waals surface area contributed by atoms with Crippen LogP contribution in [-0.4, -0.2) is 49.7 Å². The molecule has 0 saturated carbocycles. The minimum Gasteiger partial charge on any atom is -0.489 e. The Morgan fingerprint density at radius 1 is 1.02 bits per heavy atom. The molecule has 1 fully saturated rings. The average Bonchev–Trinajstić information content (AvgIpc) is 3.18. The van der Waals surface area contributed by atoms with Gasteiger partial charge in [0.05, 0.1) is 18.1 Å². The fourth-order valence-corrected chi connectivity index (χ4v) is 6.55. The lowest BCUT2D eigenvalue weighted by Crippen LogP contribution is -2.64. The molecule has 5 rings (SSSR count). The van der Waals surface area contributed by atoms with Gasteiger partial charge in [-0.25, -0.2) is 9.59 Å². The van der Waals surface area contributed by atoms with Crippen molar-refractivity contribution in [2.24, 2.45) is 11.8 Å². The summed E-state index contributed by atoms with van der Waals surface area (Å²) in [5.74, 6) is -0.731. The van der Waals surface area contributed by atoms with E-state index < -0.39 is 20.6 Å². The van der Waals surface area contributed by atoms with Gasteiger partial charge in [-0.2, -0.15) is 0 Å². The van der Waals surface area contributed by atoms with Gasteiger partial charge in [-0.1, -0.05) is 39.8 Å². The van der Waals surface area contributed by atoms with Crippen LogP contribution < -0.4 is 15.1 Å². The van der Waals surface area contributed by atoms with Crippen LogP contribution in [0.1, 0.15) is 40.2 Å². The summed E-state index contributed by atoms with van der Waals surface area (Å²) < 4.78 is 23.4. The van der Waals surface area contributed by atoms with Crippen molar-refractivity contribution in [3.8, 4) is 11.5 Å². The standard InChI is InChI=1S/C32H36NO8Si/c1-18-24(29(31(36)37)33-28(18)27(30(33)35)19(2)41-42(6)32(3,4)5)17-39-22-11-7-20(8-12-22)16-38-23-13-9-21-10-14-26(34)40-25(21)15-23/h7-15,18-19,27-28H,16-17H2,1-6H3,(H,36,37)/t18-,19?,27+,28+/m0/s1. The van der Waals surface area contributed by atoms with Gasteiger partial charge in [-0.3, -0.25) is 4.79 Å².